The summed E-state index contributed by atoms with van der Waals surface area (Å²) in [5.41, 5.74) is 4.37. The van der Waals surface area contributed by atoms with Crippen LogP contribution in [0.4, 0.5) is 4.79 Å². The largest absolute Gasteiger partial charge is 0.497 e. The standard InChI is InChI=1S/C26H27N5O4/c1-35-22-9-8-20-13-30(25(33)23(20)10-22)15-24(29-26(34)27-16-32)19-6-4-18(5-7-19)21-11-28-31(14-21)12-17-2-3-17/h4-11,14,16-17,24H,2-3,12-13,15H2,1H3,(H2,27,29,32,34)/t24-/m0/s1. The molecule has 1 aromatic heterocycles. The second-order valence-corrected chi connectivity index (χ2v) is 9.01. The third-order valence-corrected chi connectivity index (χ3v) is 6.52. The molecule has 4 amide bonds. The Morgan fingerprint density at radius 3 is 2.71 bits per heavy atom. The van der Waals surface area contributed by atoms with Crippen LogP contribution in [0.15, 0.2) is 54.9 Å². The highest BCUT2D eigenvalue weighted by Crippen LogP contribution is 2.31. The normalized spacial score (nSPS) is 15.5. The summed E-state index contributed by atoms with van der Waals surface area (Å²) in [6, 6.07) is 12.1. The van der Waals surface area contributed by atoms with Gasteiger partial charge in [0.25, 0.3) is 5.91 Å². The van der Waals surface area contributed by atoms with E-state index >= 15 is 0 Å². The molecule has 9 heteroatoms. The molecule has 1 fully saturated rings. The van der Waals surface area contributed by atoms with Crippen LogP contribution in [0, 0.1) is 5.92 Å². The fourth-order valence-corrected chi connectivity index (χ4v) is 4.41. The molecule has 1 atom stereocenters. The summed E-state index contributed by atoms with van der Waals surface area (Å²) in [4.78, 5) is 37.7. The van der Waals surface area contributed by atoms with Crippen LogP contribution in [-0.4, -0.2) is 46.7 Å². The summed E-state index contributed by atoms with van der Waals surface area (Å²) in [5, 5.41) is 9.38. The maximum Gasteiger partial charge on any atom is 0.321 e. The zero-order valence-corrected chi connectivity index (χ0v) is 19.4. The number of imide groups is 1. The number of aromatic nitrogens is 2. The molecule has 0 saturated heterocycles. The van der Waals surface area contributed by atoms with E-state index in [1.54, 1.807) is 18.1 Å². The Bertz CT molecular complexity index is 1250. The highest BCUT2D eigenvalue weighted by atomic mass is 16.5. The Morgan fingerprint density at radius 1 is 1.20 bits per heavy atom. The quantitative estimate of drug-likeness (QED) is 0.465. The zero-order valence-electron chi connectivity index (χ0n) is 19.4. The average Bonchev–Trinajstić information content (AvgIpc) is 3.47. The molecule has 5 rings (SSSR count). The van der Waals surface area contributed by atoms with Crippen LogP contribution in [0.5, 0.6) is 5.75 Å². The van der Waals surface area contributed by atoms with Crippen molar-refractivity contribution in [1.82, 2.24) is 25.3 Å². The first-order chi connectivity index (χ1) is 17.0. The minimum atomic E-state index is -0.624. The van der Waals surface area contributed by atoms with Gasteiger partial charge in [-0.05, 0) is 47.6 Å². The predicted octanol–water partition coefficient (Wildman–Crippen LogP) is 3.12. The Hall–Kier alpha value is -4.14. The lowest BCUT2D eigenvalue weighted by Gasteiger charge is -2.25. The van der Waals surface area contributed by atoms with Crippen LogP contribution in [-0.2, 0) is 17.9 Å². The minimum Gasteiger partial charge on any atom is -0.497 e. The second kappa shape index (κ2) is 9.61. The molecule has 2 aromatic carbocycles. The van der Waals surface area contributed by atoms with Gasteiger partial charge < -0.3 is 15.0 Å². The van der Waals surface area contributed by atoms with Crippen molar-refractivity contribution in [2.24, 2.45) is 5.92 Å². The molecular weight excluding hydrogens is 446 g/mol. The second-order valence-electron chi connectivity index (χ2n) is 9.01. The molecule has 0 bridgehead atoms. The number of ether oxygens (including phenoxy) is 1. The van der Waals surface area contributed by atoms with Crippen molar-refractivity contribution in [3.8, 4) is 16.9 Å². The highest BCUT2D eigenvalue weighted by Gasteiger charge is 2.30. The molecule has 2 heterocycles. The number of fused-ring (bicyclic) bond motifs is 1. The molecule has 2 N–H and O–H groups in total. The van der Waals surface area contributed by atoms with Crippen LogP contribution in [0.3, 0.4) is 0 Å². The number of methoxy groups -OCH3 is 1. The van der Waals surface area contributed by atoms with Gasteiger partial charge in [-0.1, -0.05) is 30.3 Å². The Kier molecular flexibility index (Phi) is 6.22. The van der Waals surface area contributed by atoms with Crippen LogP contribution in [0.25, 0.3) is 11.1 Å². The van der Waals surface area contributed by atoms with Gasteiger partial charge in [-0.2, -0.15) is 5.10 Å². The molecular formula is C26H27N5O4. The fraction of sp³-hybridized carbons (Fsp3) is 0.308. The monoisotopic (exact) mass is 473 g/mol. The lowest BCUT2D eigenvalue weighted by molar-refractivity contribution is -0.108. The summed E-state index contributed by atoms with van der Waals surface area (Å²) in [6.07, 6.45) is 6.79. The number of hydrogen-bond donors (Lipinski definition) is 2. The van der Waals surface area contributed by atoms with Crippen molar-refractivity contribution >= 4 is 18.3 Å². The van der Waals surface area contributed by atoms with Gasteiger partial charge in [-0.3, -0.25) is 19.6 Å². The molecule has 9 nitrogen and oxygen atoms in total. The average molecular weight is 474 g/mol. The number of rotatable bonds is 9. The van der Waals surface area contributed by atoms with E-state index in [4.69, 9.17) is 4.74 Å². The maximum absolute atomic E-state index is 13.0. The number of amides is 4. The Labute approximate surface area is 203 Å². The van der Waals surface area contributed by atoms with E-state index < -0.39 is 12.1 Å². The fourth-order valence-electron chi connectivity index (χ4n) is 4.41. The van der Waals surface area contributed by atoms with Crippen molar-refractivity contribution in [2.45, 2.75) is 32.0 Å². The number of urea groups is 1. The lowest BCUT2D eigenvalue weighted by atomic mass is 10.0. The van der Waals surface area contributed by atoms with Crippen molar-refractivity contribution in [3.05, 3.63) is 71.5 Å². The van der Waals surface area contributed by atoms with Crippen molar-refractivity contribution < 1.29 is 19.1 Å². The SMILES string of the molecule is COc1ccc2c(c1)C(=O)N(C[C@H](NC(=O)NC=O)c1ccc(-c3cnn(CC4CC4)c3)cc1)C2. The Balaban J connectivity index is 1.34. The first-order valence-corrected chi connectivity index (χ1v) is 11.6. The van der Waals surface area contributed by atoms with E-state index in [-0.39, 0.29) is 12.5 Å². The summed E-state index contributed by atoms with van der Waals surface area (Å²) < 4.78 is 7.24. The number of hydrogen-bond acceptors (Lipinski definition) is 5. The number of carbonyl (C=O) groups is 3. The topological polar surface area (TPSA) is 106 Å². The van der Waals surface area contributed by atoms with Gasteiger partial charge in [0.1, 0.15) is 5.75 Å². The highest BCUT2D eigenvalue weighted by molar-refractivity contribution is 5.98. The van der Waals surface area contributed by atoms with E-state index in [2.05, 4.69) is 21.9 Å². The van der Waals surface area contributed by atoms with Gasteiger partial charge in [0.2, 0.25) is 6.41 Å². The maximum atomic E-state index is 13.0. The first kappa shape index (κ1) is 22.6. The molecule has 180 valence electrons. The summed E-state index contributed by atoms with van der Waals surface area (Å²) >= 11 is 0. The van der Waals surface area contributed by atoms with Gasteiger partial charge in [0.15, 0.2) is 0 Å². The summed E-state index contributed by atoms with van der Waals surface area (Å²) in [6.45, 7) is 1.64. The van der Waals surface area contributed by atoms with Crippen molar-refractivity contribution in [2.75, 3.05) is 13.7 Å². The molecule has 3 aromatic rings. The van der Waals surface area contributed by atoms with Crippen molar-refractivity contribution in [3.63, 3.8) is 0 Å². The Morgan fingerprint density at radius 2 is 2.00 bits per heavy atom. The molecule has 0 radical (unpaired) electrons. The lowest BCUT2D eigenvalue weighted by Crippen LogP contribution is -2.42. The molecule has 35 heavy (non-hydrogen) atoms. The molecule has 1 aliphatic heterocycles. The van der Waals surface area contributed by atoms with E-state index in [0.29, 0.717) is 24.3 Å². The van der Waals surface area contributed by atoms with Gasteiger partial charge in [0.05, 0.1) is 19.3 Å². The van der Waals surface area contributed by atoms with Crippen LogP contribution in [0.2, 0.25) is 0 Å². The smallest absolute Gasteiger partial charge is 0.321 e. The van der Waals surface area contributed by atoms with Crippen LogP contribution < -0.4 is 15.4 Å². The van der Waals surface area contributed by atoms with Crippen molar-refractivity contribution in [1.29, 1.82) is 0 Å². The third kappa shape index (κ3) is 5.03. The third-order valence-electron chi connectivity index (χ3n) is 6.52. The summed E-state index contributed by atoms with van der Waals surface area (Å²) in [7, 11) is 1.56. The first-order valence-electron chi connectivity index (χ1n) is 11.6. The van der Waals surface area contributed by atoms with E-state index in [0.717, 1.165) is 34.7 Å². The van der Waals surface area contributed by atoms with E-state index in [1.165, 1.54) is 12.8 Å². The number of nitrogens with one attached hydrogen (secondary N) is 2. The zero-order chi connectivity index (χ0) is 24.4. The van der Waals surface area contributed by atoms with Crippen LogP contribution in [0.1, 0.15) is 40.4 Å². The van der Waals surface area contributed by atoms with Gasteiger partial charge in [-0.15, -0.1) is 0 Å². The van der Waals surface area contributed by atoms with E-state index in [9.17, 15) is 14.4 Å². The molecule has 1 aliphatic carbocycles. The van der Waals surface area contributed by atoms with Gasteiger partial charge in [0, 0.05) is 37.0 Å². The van der Waals surface area contributed by atoms with E-state index in [1.807, 2.05) is 47.3 Å². The van der Waals surface area contributed by atoms with Gasteiger partial charge in [-0.25, -0.2) is 4.79 Å². The predicted molar refractivity (Wildman–Crippen MR) is 129 cm³/mol. The number of carbonyl (C=O) groups excluding carboxylic acids is 3. The molecule has 1 saturated carbocycles. The molecule has 2 aliphatic rings. The van der Waals surface area contributed by atoms with Gasteiger partial charge >= 0.3 is 6.03 Å². The van der Waals surface area contributed by atoms with Crippen LogP contribution >= 0.6 is 0 Å². The minimum absolute atomic E-state index is 0.124. The summed E-state index contributed by atoms with van der Waals surface area (Å²) in [5.74, 6) is 1.24. The molecule has 0 unspecified atom stereocenters. The number of benzene rings is 2. The number of nitrogens with zero attached hydrogens (tertiary/aromatic N) is 3. The molecule has 0 spiro atoms.